The number of anilines is 2. The van der Waals surface area contributed by atoms with Gasteiger partial charge < -0.3 is 14.8 Å². The van der Waals surface area contributed by atoms with Crippen LogP contribution in [0.15, 0.2) is 18.5 Å². The molecule has 2 aliphatic carbocycles. The number of carbonyl (C=O) groups excluding carboxylic acids is 1. The molecule has 12 heteroatoms. The van der Waals surface area contributed by atoms with Crippen LogP contribution < -0.4 is 14.3 Å². The minimum atomic E-state index is -4.20. The number of aromatic nitrogens is 2. The van der Waals surface area contributed by atoms with Gasteiger partial charge in [0.15, 0.2) is 0 Å². The first-order valence-electron chi connectivity index (χ1n) is 11.8. The van der Waals surface area contributed by atoms with Gasteiger partial charge in [0.1, 0.15) is 6.73 Å². The van der Waals surface area contributed by atoms with Gasteiger partial charge in [0.05, 0.1) is 24.1 Å². The molecule has 2 N–H and O–H groups in total. The normalized spacial score (nSPS) is 17.4. The summed E-state index contributed by atoms with van der Waals surface area (Å²) in [5.74, 6) is 0. The van der Waals surface area contributed by atoms with Crippen LogP contribution in [-0.4, -0.2) is 80.2 Å². The molecule has 186 valence electrons. The Morgan fingerprint density at radius 1 is 1.17 bits per heavy atom. The molecule has 10 nitrogen and oxygen atoms in total. The molecule has 0 unspecified atom stereocenters. The molecule has 0 radical (unpaired) electrons. The van der Waals surface area contributed by atoms with E-state index in [0.29, 0.717) is 31.7 Å². The first-order valence-corrected chi connectivity index (χ1v) is 13.3. The number of ether oxygens (including phenoxy) is 2. The van der Waals surface area contributed by atoms with Crippen LogP contribution >= 0.6 is 0 Å². The molecule has 1 aliphatic heterocycles. The van der Waals surface area contributed by atoms with Crippen molar-refractivity contribution in [3.63, 3.8) is 0 Å². The van der Waals surface area contributed by atoms with Crippen LogP contribution in [-0.2, 0) is 52.1 Å². The van der Waals surface area contributed by atoms with E-state index in [2.05, 4.69) is 21.2 Å². The maximum absolute atomic E-state index is 13.5. The minimum absolute atomic E-state index is 0. The molecule has 0 bridgehead atoms. The van der Waals surface area contributed by atoms with Crippen molar-refractivity contribution < 1.29 is 22.7 Å². The Labute approximate surface area is 228 Å². The third-order valence-corrected chi connectivity index (χ3v) is 8.32. The van der Waals surface area contributed by atoms with E-state index in [-0.39, 0.29) is 42.3 Å². The first kappa shape index (κ1) is 26.4. The molecular formula is C23H32N5NaO5S. The summed E-state index contributed by atoms with van der Waals surface area (Å²) in [4.78, 5) is 13.1. The van der Waals surface area contributed by atoms with Crippen molar-refractivity contribution in [3.05, 3.63) is 40.7 Å². The standard InChI is InChI=1S/C23H31N5O5S.Na.H/c1-32-15-27-14-19(13-24-27)28(18-8-10-33-11-9-18)34(30,31)26-23(29)25-22-20-6-2-4-16(20)12-17-5-3-7-21(17)22;;/h12-14,18H,2-11,15H2,1H3,(H2,25,26,29);;. The number of carbonyl (C=O) groups is 1. The molecule has 35 heavy (non-hydrogen) atoms. The molecule has 3 aliphatic rings. The van der Waals surface area contributed by atoms with E-state index in [1.807, 2.05) is 0 Å². The van der Waals surface area contributed by atoms with Gasteiger partial charge in [-0.05, 0) is 73.6 Å². The molecule has 2 amide bonds. The monoisotopic (exact) mass is 513 g/mol. The third kappa shape index (κ3) is 5.55. The number of methoxy groups -OCH3 is 1. The summed E-state index contributed by atoms with van der Waals surface area (Å²) < 4.78 is 42.6. The number of hydrogen-bond donors (Lipinski definition) is 2. The van der Waals surface area contributed by atoms with E-state index in [1.165, 1.54) is 33.4 Å². The van der Waals surface area contributed by atoms with E-state index in [1.54, 1.807) is 6.20 Å². The van der Waals surface area contributed by atoms with E-state index in [0.717, 1.165) is 55.3 Å². The summed E-state index contributed by atoms with van der Waals surface area (Å²) in [6.45, 7) is 1.11. The van der Waals surface area contributed by atoms with Gasteiger partial charge in [0, 0.05) is 26.0 Å². The van der Waals surface area contributed by atoms with Gasteiger partial charge in [-0.1, -0.05) is 6.07 Å². The van der Waals surface area contributed by atoms with Gasteiger partial charge in [-0.2, -0.15) is 13.5 Å². The van der Waals surface area contributed by atoms with Crippen molar-refractivity contribution in [3.8, 4) is 0 Å². The van der Waals surface area contributed by atoms with Crippen LogP contribution in [0.4, 0.5) is 16.2 Å². The zero-order chi connectivity index (χ0) is 23.7. The Bertz CT molecular complexity index is 1150. The first-order chi connectivity index (χ1) is 16.5. The number of fused-ring (bicyclic) bond motifs is 2. The molecule has 1 saturated heterocycles. The van der Waals surface area contributed by atoms with E-state index < -0.39 is 16.2 Å². The zero-order valence-electron chi connectivity index (χ0n) is 19.4. The predicted octanol–water partition coefficient (Wildman–Crippen LogP) is 1.87. The fraction of sp³-hybridized carbons (Fsp3) is 0.565. The van der Waals surface area contributed by atoms with Gasteiger partial charge in [-0.15, -0.1) is 0 Å². The van der Waals surface area contributed by atoms with Gasteiger partial charge in [-0.3, -0.25) is 0 Å². The topological polar surface area (TPSA) is 115 Å². The van der Waals surface area contributed by atoms with Gasteiger partial charge in [-0.25, -0.2) is 18.5 Å². The van der Waals surface area contributed by atoms with Crippen LogP contribution in [0.25, 0.3) is 0 Å². The summed E-state index contributed by atoms with van der Waals surface area (Å²) in [6.07, 6.45) is 10.0. The van der Waals surface area contributed by atoms with Crippen molar-refractivity contribution in [1.82, 2.24) is 14.5 Å². The van der Waals surface area contributed by atoms with Crippen molar-refractivity contribution in [2.45, 2.75) is 64.1 Å². The average Bonchev–Trinajstić information content (AvgIpc) is 3.55. The third-order valence-electron chi connectivity index (χ3n) is 6.85. The molecule has 0 atom stereocenters. The van der Waals surface area contributed by atoms with Crippen LogP contribution in [0, 0.1) is 0 Å². The number of nitrogens with one attached hydrogen (secondary N) is 2. The zero-order valence-corrected chi connectivity index (χ0v) is 20.2. The van der Waals surface area contributed by atoms with Crippen molar-refractivity contribution >= 4 is 57.2 Å². The Hall–Kier alpha value is -1.63. The second kappa shape index (κ2) is 11.2. The van der Waals surface area contributed by atoms with Crippen LogP contribution in [0.5, 0.6) is 0 Å². The van der Waals surface area contributed by atoms with Gasteiger partial charge in [0.2, 0.25) is 0 Å². The molecule has 2 aromatic rings. The summed E-state index contributed by atoms with van der Waals surface area (Å²) >= 11 is 0. The summed E-state index contributed by atoms with van der Waals surface area (Å²) in [6, 6.07) is 1.19. The second-order valence-corrected chi connectivity index (χ2v) is 10.6. The molecule has 5 rings (SSSR count). The fourth-order valence-electron chi connectivity index (χ4n) is 5.41. The molecule has 1 fully saturated rings. The summed E-state index contributed by atoms with van der Waals surface area (Å²) in [5.41, 5.74) is 6.03. The predicted molar refractivity (Wildman–Crippen MR) is 134 cm³/mol. The fourth-order valence-corrected chi connectivity index (χ4v) is 6.77. The number of urea groups is 1. The summed E-state index contributed by atoms with van der Waals surface area (Å²) in [7, 11) is -2.66. The maximum atomic E-state index is 13.5. The van der Waals surface area contributed by atoms with Gasteiger partial charge >= 0.3 is 45.8 Å². The van der Waals surface area contributed by atoms with Crippen molar-refractivity contribution in [1.29, 1.82) is 0 Å². The quantitative estimate of drug-likeness (QED) is 0.547. The summed E-state index contributed by atoms with van der Waals surface area (Å²) in [5, 5.41) is 7.10. The Balaban J connectivity index is 0.00000289. The molecule has 2 heterocycles. The Kier molecular flexibility index (Phi) is 8.45. The molecular weight excluding hydrogens is 481 g/mol. The van der Waals surface area contributed by atoms with E-state index in [4.69, 9.17) is 9.47 Å². The SMILES string of the molecule is COCn1cc(N(C2CCOCC2)S(=O)(=O)NC(=O)Nc2c3c(cc4c2CCC4)CCC3)cn1.[NaH]. The van der Waals surface area contributed by atoms with Gasteiger partial charge in [0.25, 0.3) is 0 Å². The van der Waals surface area contributed by atoms with E-state index in [9.17, 15) is 13.2 Å². The molecule has 1 aromatic carbocycles. The molecule has 0 saturated carbocycles. The number of benzene rings is 1. The number of amides is 2. The number of hydrogen-bond acceptors (Lipinski definition) is 6. The van der Waals surface area contributed by atoms with Crippen molar-refractivity contribution in [2.75, 3.05) is 29.9 Å². The number of aryl methyl sites for hydroxylation is 2. The van der Waals surface area contributed by atoms with Crippen molar-refractivity contribution in [2.24, 2.45) is 0 Å². The van der Waals surface area contributed by atoms with Crippen LogP contribution in [0.1, 0.15) is 47.9 Å². The molecule has 0 spiro atoms. The van der Waals surface area contributed by atoms with Crippen LogP contribution in [0.2, 0.25) is 0 Å². The Morgan fingerprint density at radius 2 is 1.83 bits per heavy atom. The number of rotatable bonds is 7. The number of nitrogens with zero attached hydrogens (tertiary/aromatic N) is 3. The van der Waals surface area contributed by atoms with E-state index >= 15 is 0 Å². The Morgan fingerprint density at radius 3 is 2.46 bits per heavy atom. The van der Waals surface area contributed by atoms with Crippen LogP contribution in [0.3, 0.4) is 0 Å². The average molecular weight is 514 g/mol. The second-order valence-electron chi connectivity index (χ2n) is 9.09. The molecule has 1 aromatic heterocycles.